The molecular weight excluding hydrogens is 338 g/mol. The Labute approximate surface area is 149 Å². The second-order valence-corrected chi connectivity index (χ2v) is 9.03. The predicted octanol–water partition coefficient (Wildman–Crippen LogP) is 1.89. The highest BCUT2D eigenvalue weighted by molar-refractivity contribution is 7.89. The fourth-order valence-corrected chi connectivity index (χ4v) is 5.01. The van der Waals surface area contributed by atoms with Crippen LogP contribution < -0.4 is 4.72 Å². The summed E-state index contributed by atoms with van der Waals surface area (Å²) in [7, 11) is -3.56. The summed E-state index contributed by atoms with van der Waals surface area (Å²) in [5, 5.41) is 4.42. The lowest BCUT2D eigenvalue weighted by Gasteiger charge is -2.23. The third-order valence-corrected chi connectivity index (χ3v) is 6.41. The van der Waals surface area contributed by atoms with Crippen LogP contribution in [0.15, 0.2) is 17.3 Å². The molecule has 0 bridgehead atoms. The van der Waals surface area contributed by atoms with Crippen molar-refractivity contribution < 1.29 is 8.42 Å². The van der Waals surface area contributed by atoms with Gasteiger partial charge in [0.15, 0.2) is 0 Å². The monoisotopic (exact) mass is 365 g/mol. The largest absolute Gasteiger partial charge is 0.335 e. The van der Waals surface area contributed by atoms with Crippen LogP contribution in [0.25, 0.3) is 0 Å². The zero-order valence-electron chi connectivity index (χ0n) is 15.4. The SMILES string of the molecule is Cc1nn(CC(C)C)c(C)c1S(=O)(=O)NC[C@H]1CCn2ccnc2C1. The van der Waals surface area contributed by atoms with Gasteiger partial charge in [-0.2, -0.15) is 5.10 Å². The van der Waals surface area contributed by atoms with E-state index in [2.05, 4.69) is 33.2 Å². The number of aryl methyl sites for hydroxylation is 2. The number of fused-ring (bicyclic) bond motifs is 1. The average Bonchev–Trinajstić information content (AvgIpc) is 3.09. The van der Waals surface area contributed by atoms with E-state index in [1.54, 1.807) is 17.8 Å². The van der Waals surface area contributed by atoms with Gasteiger partial charge >= 0.3 is 0 Å². The Kier molecular flexibility index (Phi) is 5.02. The van der Waals surface area contributed by atoms with E-state index in [4.69, 9.17) is 0 Å². The number of aromatic nitrogens is 4. The van der Waals surface area contributed by atoms with Crippen molar-refractivity contribution >= 4 is 10.0 Å². The minimum Gasteiger partial charge on any atom is -0.335 e. The Morgan fingerprint density at radius 1 is 1.36 bits per heavy atom. The maximum atomic E-state index is 12.8. The van der Waals surface area contributed by atoms with E-state index < -0.39 is 10.0 Å². The van der Waals surface area contributed by atoms with Crippen LogP contribution >= 0.6 is 0 Å². The maximum absolute atomic E-state index is 12.8. The number of rotatable bonds is 6. The number of hydrogen-bond acceptors (Lipinski definition) is 4. The molecule has 0 spiro atoms. The smallest absolute Gasteiger partial charge is 0.244 e. The van der Waals surface area contributed by atoms with Crippen LogP contribution in [0.3, 0.4) is 0 Å². The molecule has 1 N–H and O–H groups in total. The molecule has 1 aliphatic heterocycles. The first-order chi connectivity index (χ1) is 11.8. The Bertz CT molecular complexity index is 851. The summed E-state index contributed by atoms with van der Waals surface area (Å²) in [5.41, 5.74) is 1.27. The van der Waals surface area contributed by atoms with E-state index in [1.807, 2.05) is 13.1 Å². The molecule has 7 nitrogen and oxygen atoms in total. The number of hydrogen-bond donors (Lipinski definition) is 1. The number of nitrogens with one attached hydrogen (secondary N) is 1. The molecule has 2 aromatic rings. The van der Waals surface area contributed by atoms with Crippen molar-refractivity contribution in [3.8, 4) is 0 Å². The van der Waals surface area contributed by atoms with Gasteiger partial charge in [0.25, 0.3) is 0 Å². The first kappa shape index (κ1) is 18.1. The molecule has 0 unspecified atom stereocenters. The van der Waals surface area contributed by atoms with Gasteiger partial charge in [-0.3, -0.25) is 4.68 Å². The van der Waals surface area contributed by atoms with Crippen molar-refractivity contribution in [3.05, 3.63) is 29.6 Å². The molecule has 8 heteroatoms. The van der Waals surface area contributed by atoms with Gasteiger partial charge < -0.3 is 4.57 Å². The molecule has 0 amide bonds. The van der Waals surface area contributed by atoms with Crippen LogP contribution in [0.2, 0.25) is 0 Å². The molecule has 0 radical (unpaired) electrons. The van der Waals surface area contributed by atoms with E-state index >= 15 is 0 Å². The lowest BCUT2D eigenvalue weighted by Crippen LogP contribution is -2.33. The van der Waals surface area contributed by atoms with Gasteiger partial charge in [-0.15, -0.1) is 0 Å². The van der Waals surface area contributed by atoms with E-state index in [-0.39, 0.29) is 5.92 Å². The van der Waals surface area contributed by atoms with Gasteiger partial charge in [0, 0.05) is 38.4 Å². The van der Waals surface area contributed by atoms with Crippen molar-refractivity contribution in [2.24, 2.45) is 11.8 Å². The Morgan fingerprint density at radius 3 is 2.84 bits per heavy atom. The molecular formula is C17H27N5O2S. The van der Waals surface area contributed by atoms with Crippen molar-refractivity contribution in [2.45, 2.75) is 58.5 Å². The van der Waals surface area contributed by atoms with Crippen molar-refractivity contribution in [2.75, 3.05) is 6.54 Å². The van der Waals surface area contributed by atoms with Gasteiger partial charge in [-0.1, -0.05) is 13.8 Å². The van der Waals surface area contributed by atoms with Gasteiger partial charge in [-0.25, -0.2) is 18.1 Å². The summed E-state index contributed by atoms with van der Waals surface area (Å²) in [5.74, 6) is 1.72. The molecule has 0 saturated carbocycles. The molecule has 0 aliphatic carbocycles. The van der Waals surface area contributed by atoms with E-state index in [0.29, 0.717) is 35.3 Å². The maximum Gasteiger partial charge on any atom is 0.244 e. The minimum atomic E-state index is -3.56. The predicted molar refractivity (Wildman–Crippen MR) is 95.8 cm³/mol. The normalized spacial score (nSPS) is 17.9. The van der Waals surface area contributed by atoms with Crippen LogP contribution in [-0.2, 0) is 29.5 Å². The van der Waals surface area contributed by atoms with Crippen LogP contribution in [-0.4, -0.2) is 34.3 Å². The zero-order valence-corrected chi connectivity index (χ0v) is 16.2. The number of nitrogens with zero attached hydrogens (tertiary/aromatic N) is 4. The molecule has 25 heavy (non-hydrogen) atoms. The topological polar surface area (TPSA) is 81.8 Å². The Morgan fingerprint density at radius 2 is 2.12 bits per heavy atom. The van der Waals surface area contributed by atoms with E-state index in [0.717, 1.165) is 25.2 Å². The summed E-state index contributed by atoms with van der Waals surface area (Å²) in [4.78, 5) is 4.67. The highest BCUT2D eigenvalue weighted by Gasteiger charge is 2.27. The highest BCUT2D eigenvalue weighted by atomic mass is 32.2. The molecule has 2 aromatic heterocycles. The zero-order chi connectivity index (χ0) is 18.2. The number of sulfonamides is 1. The summed E-state index contributed by atoms with van der Waals surface area (Å²) in [6.07, 6.45) is 5.54. The molecule has 0 saturated heterocycles. The molecule has 0 aromatic carbocycles. The fourth-order valence-electron chi connectivity index (χ4n) is 3.48. The molecule has 1 atom stereocenters. The number of imidazole rings is 1. The van der Waals surface area contributed by atoms with E-state index in [9.17, 15) is 8.42 Å². The van der Waals surface area contributed by atoms with Crippen LogP contribution in [0, 0.1) is 25.7 Å². The second-order valence-electron chi connectivity index (χ2n) is 7.32. The molecule has 3 rings (SSSR count). The molecule has 1 aliphatic rings. The van der Waals surface area contributed by atoms with Crippen LogP contribution in [0.5, 0.6) is 0 Å². The quantitative estimate of drug-likeness (QED) is 0.847. The fraction of sp³-hybridized carbons (Fsp3) is 0.647. The summed E-state index contributed by atoms with van der Waals surface area (Å²) in [6, 6.07) is 0. The standard InChI is InChI=1S/C17H27N5O2S/c1-12(2)11-22-14(4)17(13(3)20-22)25(23,24)19-10-15-5-7-21-8-6-18-16(21)9-15/h6,8,12,15,19H,5,7,9-11H2,1-4H3/t15-/m0/s1. The highest BCUT2D eigenvalue weighted by Crippen LogP contribution is 2.22. The molecule has 138 valence electrons. The van der Waals surface area contributed by atoms with Gasteiger partial charge in [0.1, 0.15) is 10.7 Å². The van der Waals surface area contributed by atoms with Crippen molar-refractivity contribution in [1.82, 2.24) is 24.1 Å². The lowest BCUT2D eigenvalue weighted by atomic mass is 9.98. The first-order valence-electron chi connectivity index (χ1n) is 8.81. The third kappa shape index (κ3) is 3.79. The average molecular weight is 366 g/mol. The minimum absolute atomic E-state index is 0.274. The van der Waals surface area contributed by atoms with E-state index in [1.165, 1.54) is 0 Å². The third-order valence-electron chi connectivity index (χ3n) is 4.74. The summed E-state index contributed by atoms with van der Waals surface area (Å²) >= 11 is 0. The lowest BCUT2D eigenvalue weighted by molar-refractivity contribution is 0.379. The first-order valence-corrected chi connectivity index (χ1v) is 10.3. The Balaban J connectivity index is 1.71. The van der Waals surface area contributed by atoms with Gasteiger partial charge in [0.2, 0.25) is 10.0 Å². The van der Waals surface area contributed by atoms with Crippen LogP contribution in [0.4, 0.5) is 0 Å². The Hall–Kier alpha value is -1.67. The van der Waals surface area contributed by atoms with Gasteiger partial charge in [-0.05, 0) is 32.1 Å². The summed E-state index contributed by atoms with van der Waals surface area (Å²) in [6.45, 7) is 9.82. The molecule has 3 heterocycles. The van der Waals surface area contributed by atoms with Crippen LogP contribution in [0.1, 0.15) is 37.5 Å². The second kappa shape index (κ2) is 6.92. The van der Waals surface area contributed by atoms with Crippen molar-refractivity contribution in [1.29, 1.82) is 0 Å². The summed E-state index contributed by atoms with van der Waals surface area (Å²) < 4.78 is 32.4. The molecule has 0 fully saturated rings. The van der Waals surface area contributed by atoms with Crippen molar-refractivity contribution in [3.63, 3.8) is 0 Å². The van der Waals surface area contributed by atoms with Gasteiger partial charge in [0.05, 0.1) is 11.4 Å².